The summed E-state index contributed by atoms with van der Waals surface area (Å²) in [5.41, 5.74) is 3.77. The van der Waals surface area contributed by atoms with Gasteiger partial charge in [-0.2, -0.15) is 5.10 Å². The maximum atomic E-state index is 12.2. The Labute approximate surface area is 127 Å². The zero-order chi connectivity index (χ0) is 15.1. The third-order valence-corrected chi connectivity index (χ3v) is 3.67. The van der Waals surface area contributed by atoms with Crippen LogP contribution in [0.1, 0.15) is 22.2 Å². The summed E-state index contributed by atoms with van der Waals surface area (Å²) < 4.78 is 5.46. The smallest absolute Gasteiger partial charge is 0.275 e. The van der Waals surface area contributed by atoms with E-state index < -0.39 is 0 Å². The Hall–Kier alpha value is -2.40. The van der Waals surface area contributed by atoms with Crippen molar-refractivity contribution in [3.8, 4) is 5.75 Å². The molecule has 1 N–H and O–H groups in total. The van der Waals surface area contributed by atoms with Gasteiger partial charge in [0, 0.05) is 4.88 Å². The van der Waals surface area contributed by atoms with E-state index >= 15 is 0 Å². The van der Waals surface area contributed by atoms with E-state index in [0.29, 0.717) is 17.9 Å². The van der Waals surface area contributed by atoms with E-state index in [-0.39, 0.29) is 5.91 Å². The number of carbonyl (C=O) groups is 1. The van der Waals surface area contributed by atoms with Gasteiger partial charge in [-0.25, -0.2) is 5.43 Å². The Kier molecular flexibility index (Phi) is 5.29. The highest BCUT2D eigenvalue weighted by molar-refractivity contribution is 7.12. The van der Waals surface area contributed by atoms with Crippen molar-refractivity contribution in [2.24, 2.45) is 5.10 Å². The van der Waals surface area contributed by atoms with Gasteiger partial charge in [0.05, 0.1) is 11.3 Å². The van der Waals surface area contributed by atoms with Gasteiger partial charge in [-0.3, -0.25) is 4.79 Å². The summed E-state index contributed by atoms with van der Waals surface area (Å²) in [7, 11) is 0. The second-order valence-electron chi connectivity index (χ2n) is 4.21. The molecule has 1 aromatic heterocycles. The molecule has 108 valence electrons. The molecule has 0 radical (unpaired) electrons. The molecule has 0 bridgehead atoms. The summed E-state index contributed by atoms with van der Waals surface area (Å²) in [6, 6.07) is 10.9. The summed E-state index contributed by atoms with van der Waals surface area (Å²) in [4.78, 5) is 13.2. The Morgan fingerprint density at radius 3 is 2.90 bits per heavy atom. The minimum Gasteiger partial charge on any atom is -0.489 e. The number of carbonyl (C=O) groups excluding carboxylic acids is 1. The Morgan fingerprint density at radius 1 is 1.38 bits per heavy atom. The van der Waals surface area contributed by atoms with Gasteiger partial charge in [0.2, 0.25) is 0 Å². The third-order valence-electron chi connectivity index (χ3n) is 2.69. The van der Waals surface area contributed by atoms with E-state index in [1.165, 1.54) is 0 Å². The van der Waals surface area contributed by atoms with Gasteiger partial charge in [0.15, 0.2) is 0 Å². The molecule has 0 aliphatic heterocycles. The lowest BCUT2D eigenvalue weighted by atomic mass is 10.2. The molecule has 2 rings (SSSR count). The van der Waals surface area contributed by atoms with Crippen LogP contribution in [0, 0.1) is 0 Å². The molecule has 0 aliphatic carbocycles. The predicted molar refractivity (Wildman–Crippen MR) is 86.1 cm³/mol. The van der Waals surface area contributed by atoms with E-state index in [4.69, 9.17) is 4.74 Å². The number of ether oxygens (including phenoxy) is 1. The summed E-state index contributed by atoms with van der Waals surface area (Å²) in [5.74, 6) is 0.212. The van der Waals surface area contributed by atoms with Crippen LogP contribution >= 0.6 is 11.3 Å². The van der Waals surface area contributed by atoms with Gasteiger partial charge in [0.1, 0.15) is 12.4 Å². The normalized spacial score (nSPS) is 11.0. The first kappa shape index (κ1) is 15.0. The van der Waals surface area contributed by atoms with Crippen LogP contribution in [0.3, 0.4) is 0 Å². The second kappa shape index (κ2) is 7.40. The topological polar surface area (TPSA) is 50.7 Å². The minimum atomic E-state index is -0.300. The highest BCUT2D eigenvalue weighted by atomic mass is 32.1. The number of nitrogens with zero attached hydrogens (tertiary/aromatic N) is 1. The zero-order valence-corrected chi connectivity index (χ0v) is 12.5. The number of hydrogen-bond donors (Lipinski definition) is 1. The zero-order valence-electron chi connectivity index (χ0n) is 11.7. The Bertz CT molecular complexity index is 648. The lowest BCUT2D eigenvalue weighted by molar-refractivity contribution is 0.0951. The van der Waals surface area contributed by atoms with Gasteiger partial charge < -0.3 is 4.74 Å². The first-order valence-corrected chi connectivity index (χ1v) is 7.31. The molecule has 0 aliphatic rings. The first-order chi connectivity index (χ1) is 10.2. The van der Waals surface area contributed by atoms with Crippen molar-refractivity contribution in [2.75, 3.05) is 6.61 Å². The molecule has 1 heterocycles. The fraction of sp³-hybridized carbons (Fsp3) is 0.125. The number of rotatable bonds is 6. The van der Waals surface area contributed by atoms with Crippen molar-refractivity contribution >= 4 is 23.0 Å². The maximum Gasteiger partial charge on any atom is 0.275 e. The number of nitrogens with one attached hydrogen (secondary N) is 1. The number of para-hydroxylation sites is 1. The van der Waals surface area contributed by atoms with Gasteiger partial charge >= 0.3 is 0 Å². The molecule has 4 nitrogen and oxygen atoms in total. The van der Waals surface area contributed by atoms with E-state index in [1.807, 2.05) is 30.5 Å². The molecule has 0 unspecified atom stereocenters. The van der Waals surface area contributed by atoms with Crippen molar-refractivity contribution in [1.82, 2.24) is 5.43 Å². The summed E-state index contributed by atoms with van der Waals surface area (Å²) in [5, 5.41) is 6.08. The molecule has 0 spiro atoms. The molecule has 1 amide bonds. The maximum absolute atomic E-state index is 12.2. The molecular formula is C16H16N2O2S. The molecule has 0 fully saturated rings. The van der Waals surface area contributed by atoms with Crippen molar-refractivity contribution in [2.45, 2.75) is 6.92 Å². The van der Waals surface area contributed by atoms with Crippen molar-refractivity contribution in [3.05, 3.63) is 64.9 Å². The highest BCUT2D eigenvalue weighted by Crippen LogP contribution is 2.18. The number of amides is 1. The van der Waals surface area contributed by atoms with Crippen LogP contribution in [-0.2, 0) is 0 Å². The predicted octanol–water partition coefficient (Wildman–Crippen LogP) is 3.47. The lowest BCUT2D eigenvalue weighted by Crippen LogP contribution is -2.20. The first-order valence-electron chi connectivity index (χ1n) is 6.43. The van der Waals surface area contributed by atoms with Crippen LogP contribution in [0.15, 0.2) is 59.5 Å². The average Bonchev–Trinajstić information content (AvgIpc) is 3.05. The Balaban J connectivity index is 2.10. The third kappa shape index (κ3) is 4.03. The van der Waals surface area contributed by atoms with Gasteiger partial charge in [-0.15, -0.1) is 11.3 Å². The average molecular weight is 300 g/mol. The van der Waals surface area contributed by atoms with E-state index in [0.717, 1.165) is 10.6 Å². The van der Waals surface area contributed by atoms with Crippen LogP contribution in [0.2, 0.25) is 0 Å². The van der Waals surface area contributed by atoms with Crippen molar-refractivity contribution < 1.29 is 9.53 Å². The molecule has 5 heteroatoms. The summed E-state index contributed by atoms with van der Waals surface area (Å²) >= 11 is 1.57. The SMILES string of the molecule is C=CCOc1ccccc1C(=O)N/N=C(\C)c1cccs1. The molecule has 21 heavy (non-hydrogen) atoms. The summed E-state index contributed by atoms with van der Waals surface area (Å²) in [6.45, 7) is 5.79. The van der Waals surface area contributed by atoms with Crippen LogP contribution < -0.4 is 10.2 Å². The molecule has 0 saturated carbocycles. The summed E-state index contributed by atoms with van der Waals surface area (Å²) in [6.07, 6.45) is 1.63. The highest BCUT2D eigenvalue weighted by Gasteiger charge is 2.11. The molecule has 2 aromatic rings. The quantitative estimate of drug-likeness (QED) is 0.504. The fourth-order valence-corrected chi connectivity index (χ4v) is 2.34. The molecular weight excluding hydrogens is 284 g/mol. The lowest BCUT2D eigenvalue weighted by Gasteiger charge is -2.08. The Morgan fingerprint density at radius 2 is 2.19 bits per heavy atom. The number of hydrogen-bond acceptors (Lipinski definition) is 4. The van der Waals surface area contributed by atoms with Crippen molar-refractivity contribution in [1.29, 1.82) is 0 Å². The van der Waals surface area contributed by atoms with Crippen LogP contribution in [0.25, 0.3) is 0 Å². The largest absolute Gasteiger partial charge is 0.489 e. The van der Waals surface area contributed by atoms with Crippen LogP contribution in [0.4, 0.5) is 0 Å². The molecule has 1 aromatic carbocycles. The standard InChI is InChI=1S/C16H16N2O2S/c1-3-10-20-14-8-5-4-7-13(14)16(19)18-17-12(2)15-9-6-11-21-15/h3-9,11H,1,10H2,2H3,(H,18,19)/b17-12+. The van der Waals surface area contributed by atoms with Crippen LogP contribution in [-0.4, -0.2) is 18.2 Å². The van der Waals surface area contributed by atoms with E-state index in [9.17, 15) is 4.79 Å². The number of hydrazone groups is 1. The molecule has 0 atom stereocenters. The van der Waals surface area contributed by atoms with Gasteiger partial charge in [-0.05, 0) is 30.5 Å². The van der Waals surface area contributed by atoms with E-state index in [1.54, 1.807) is 35.6 Å². The minimum absolute atomic E-state index is 0.300. The van der Waals surface area contributed by atoms with Gasteiger partial charge in [-0.1, -0.05) is 30.9 Å². The van der Waals surface area contributed by atoms with E-state index in [2.05, 4.69) is 17.1 Å². The fourth-order valence-electron chi connectivity index (χ4n) is 1.66. The second-order valence-corrected chi connectivity index (χ2v) is 5.16. The van der Waals surface area contributed by atoms with Crippen molar-refractivity contribution in [3.63, 3.8) is 0 Å². The number of benzene rings is 1. The monoisotopic (exact) mass is 300 g/mol. The van der Waals surface area contributed by atoms with Crippen LogP contribution in [0.5, 0.6) is 5.75 Å². The van der Waals surface area contributed by atoms with Gasteiger partial charge in [0.25, 0.3) is 5.91 Å². The number of thiophene rings is 1. The molecule has 0 saturated heterocycles.